The Bertz CT molecular complexity index is 443. The first-order valence-corrected chi connectivity index (χ1v) is 7.11. The SMILES string of the molecule is CCS(=O)(=O)NCc1cc(Br)ccc1C. The summed E-state index contributed by atoms with van der Waals surface area (Å²) in [7, 11) is -3.11. The molecule has 15 heavy (non-hydrogen) atoms. The Morgan fingerprint density at radius 1 is 1.40 bits per heavy atom. The Morgan fingerprint density at radius 3 is 2.67 bits per heavy atom. The second kappa shape index (κ2) is 5.09. The minimum absolute atomic E-state index is 0.111. The highest BCUT2D eigenvalue weighted by Crippen LogP contribution is 2.15. The fourth-order valence-corrected chi connectivity index (χ4v) is 2.11. The summed E-state index contributed by atoms with van der Waals surface area (Å²) in [5, 5.41) is 0. The molecule has 0 atom stereocenters. The molecular weight excluding hydrogens is 278 g/mol. The molecule has 0 aliphatic rings. The summed E-state index contributed by atoms with van der Waals surface area (Å²) in [6.07, 6.45) is 0. The van der Waals surface area contributed by atoms with Crippen molar-refractivity contribution in [1.82, 2.24) is 4.72 Å². The molecule has 0 fully saturated rings. The van der Waals surface area contributed by atoms with E-state index in [2.05, 4.69) is 20.7 Å². The van der Waals surface area contributed by atoms with Crippen LogP contribution in [0.5, 0.6) is 0 Å². The van der Waals surface area contributed by atoms with E-state index in [-0.39, 0.29) is 5.75 Å². The van der Waals surface area contributed by atoms with Crippen LogP contribution in [0.1, 0.15) is 18.1 Å². The Labute approximate surface area is 99.1 Å². The van der Waals surface area contributed by atoms with Crippen LogP contribution in [0, 0.1) is 6.92 Å². The molecule has 1 aromatic carbocycles. The lowest BCUT2D eigenvalue weighted by molar-refractivity contribution is 0.582. The van der Waals surface area contributed by atoms with Crippen LogP contribution in [-0.4, -0.2) is 14.2 Å². The number of benzene rings is 1. The number of hydrogen-bond acceptors (Lipinski definition) is 2. The molecule has 0 bridgehead atoms. The van der Waals surface area contributed by atoms with Crippen molar-refractivity contribution >= 4 is 26.0 Å². The molecule has 0 spiro atoms. The second-order valence-electron chi connectivity index (χ2n) is 3.30. The van der Waals surface area contributed by atoms with Crippen LogP contribution in [0.2, 0.25) is 0 Å². The first kappa shape index (κ1) is 12.7. The van der Waals surface area contributed by atoms with Gasteiger partial charge in [0.1, 0.15) is 0 Å². The number of hydrogen-bond donors (Lipinski definition) is 1. The van der Waals surface area contributed by atoms with Crippen molar-refractivity contribution in [2.75, 3.05) is 5.75 Å². The van der Waals surface area contributed by atoms with Gasteiger partial charge < -0.3 is 0 Å². The van der Waals surface area contributed by atoms with Gasteiger partial charge in [0.2, 0.25) is 10.0 Å². The third kappa shape index (κ3) is 3.93. The quantitative estimate of drug-likeness (QED) is 0.924. The number of sulfonamides is 1. The van der Waals surface area contributed by atoms with Gasteiger partial charge in [-0.15, -0.1) is 0 Å². The molecule has 1 aromatic rings. The van der Waals surface area contributed by atoms with Gasteiger partial charge in [0.15, 0.2) is 0 Å². The van der Waals surface area contributed by atoms with Crippen molar-refractivity contribution in [2.24, 2.45) is 0 Å². The minimum Gasteiger partial charge on any atom is -0.212 e. The van der Waals surface area contributed by atoms with Crippen molar-refractivity contribution in [3.05, 3.63) is 33.8 Å². The molecule has 1 rings (SSSR count). The molecule has 5 heteroatoms. The molecule has 0 aliphatic carbocycles. The fraction of sp³-hybridized carbons (Fsp3) is 0.400. The van der Waals surface area contributed by atoms with Gasteiger partial charge in [0, 0.05) is 11.0 Å². The standard InChI is InChI=1S/C10H14BrNO2S/c1-3-15(13,14)12-7-9-6-10(11)5-4-8(9)2/h4-6,12H,3,7H2,1-2H3. The maximum Gasteiger partial charge on any atom is 0.211 e. The minimum atomic E-state index is -3.11. The van der Waals surface area contributed by atoms with Gasteiger partial charge in [0.25, 0.3) is 0 Å². The summed E-state index contributed by atoms with van der Waals surface area (Å²) >= 11 is 3.36. The van der Waals surface area contributed by atoms with E-state index >= 15 is 0 Å². The molecule has 0 saturated carbocycles. The summed E-state index contributed by atoms with van der Waals surface area (Å²) < 4.78 is 26.0. The number of aryl methyl sites for hydroxylation is 1. The van der Waals surface area contributed by atoms with Gasteiger partial charge >= 0.3 is 0 Å². The number of rotatable bonds is 4. The average molecular weight is 292 g/mol. The van der Waals surface area contributed by atoms with Gasteiger partial charge in [-0.2, -0.15) is 0 Å². The topological polar surface area (TPSA) is 46.2 Å². The van der Waals surface area contributed by atoms with E-state index in [1.165, 1.54) is 0 Å². The van der Waals surface area contributed by atoms with Crippen LogP contribution < -0.4 is 4.72 Å². The second-order valence-corrected chi connectivity index (χ2v) is 6.31. The van der Waals surface area contributed by atoms with Crippen molar-refractivity contribution in [3.63, 3.8) is 0 Å². The van der Waals surface area contributed by atoms with Gasteiger partial charge in [-0.3, -0.25) is 0 Å². The lowest BCUT2D eigenvalue weighted by atomic mass is 10.1. The lowest BCUT2D eigenvalue weighted by Crippen LogP contribution is -2.25. The maximum absolute atomic E-state index is 11.2. The molecule has 0 radical (unpaired) electrons. The van der Waals surface area contributed by atoms with Crippen LogP contribution in [0.3, 0.4) is 0 Å². The smallest absolute Gasteiger partial charge is 0.211 e. The van der Waals surface area contributed by atoms with Gasteiger partial charge in [-0.25, -0.2) is 13.1 Å². The van der Waals surface area contributed by atoms with E-state index in [1.54, 1.807) is 6.92 Å². The van der Waals surface area contributed by atoms with E-state index in [9.17, 15) is 8.42 Å². The molecule has 0 amide bonds. The summed E-state index contributed by atoms with van der Waals surface area (Å²) in [4.78, 5) is 0. The predicted octanol–water partition coefficient (Wildman–Crippen LogP) is 2.20. The van der Waals surface area contributed by atoms with Crippen molar-refractivity contribution in [3.8, 4) is 0 Å². The zero-order valence-electron chi connectivity index (χ0n) is 8.75. The van der Waals surface area contributed by atoms with E-state index in [4.69, 9.17) is 0 Å². The fourth-order valence-electron chi connectivity index (χ4n) is 1.12. The van der Waals surface area contributed by atoms with Crippen LogP contribution in [-0.2, 0) is 16.6 Å². The summed E-state index contributed by atoms with van der Waals surface area (Å²) in [6.45, 7) is 3.93. The first-order valence-electron chi connectivity index (χ1n) is 4.67. The normalized spacial score (nSPS) is 11.7. The van der Waals surface area contributed by atoms with Crippen LogP contribution >= 0.6 is 15.9 Å². The van der Waals surface area contributed by atoms with Crippen molar-refractivity contribution in [2.45, 2.75) is 20.4 Å². The van der Waals surface area contributed by atoms with Crippen LogP contribution in [0.4, 0.5) is 0 Å². The maximum atomic E-state index is 11.2. The Hall–Kier alpha value is -0.390. The van der Waals surface area contributed by atoms with Crippen molar-refractivity contribution < 1.29 is 8.42 Å². The summed E-state index contributed by atoms with van der Waals surface area (Å²) in [5.74, 6) is 0.111. The largest absolute Gasteiger partial charge is 0.212 e. The first-order chi connectivity index (χ1) is 6.94. The monoisotopic (exact) mass is 291 g/mol. The average Bonchev–Trinajstić information content (AvgIpc) is 2.20. The lowest BCUT2D eigenvalue weighted by Gasteiger charge is -2.07. The van der Waals surface area contributed by atoms with E-state index in [0.717, 1.165) is 15.6 Å². The molecular formula is C10H14BrNO2S. The number of halogens is 1. The molecule has 1 N–H and O–H groups in total. The molecule has 3 nitrogen and oxygen atoms in total. The molecule has 0 unspecified atom stereocenters. The third-order valence-corrected chi connectivity index (χ3v) is 4.01. The van der Waals surface area contributed by atoms with Crippen molar-refractivity contribution in [1.29, 1.82) is 0 Å². The zero-order chi connectivity index (χ0) is 11.5. The zero-order valence-corrected chi connectivity index (χ0v) is 11.2. The van der Waals surface area contributed by atoms with Crippen LogP contribution in [0.25, 0.3) is 0 Å². The van der Waals surface area contributed by atoms with Crippen LogP contribution in [0.15, 0.2) is 22.7 Å². The highest BCUT2D eigenvalue weighted by molar-refractivity contribution is 9.10. The third-order valence-electron chi connectivity index (χ3n) is 2.17. The van der Waals surface area contributed by atoms with E-state index in [1.807, 2.05) is 25.1 Å². The highest BCUT2D eigenvalue weighted by atomic mass is 79.9. The Kier molecular flexibility index (Phi) is 4.31. The molecule has 0 aromatic heterocycles. The van der Waals surface area contributed by atoms with Gasteiger partial charge in [0.05, 0.1) is 5.75 Å². The molecule has 0 heterocycles. The molecule has 84 valence electrons. The molecule has 0 saturated heterocycles. The van der Waals surface area contributed by atoms with Gasteiger partial charge in [-0.1, -0.05) is 22.0 Å². The van der Waals surface area contributed by atoms with E-state index in [0.29, 0.717) is 6.54 Å². The highest BCUT2D eigenvalue weighted by Gasteiger charge is 2.07. The van der Waals surface area contributed by atoms with Gasteiger partial charge in [-0.05, 0) is 37.1 Å². The Morgan fingerprint density at radius 2 is 2.07 bits per heavy atom. The number of nitrogens with one attached hydrogen (secondary N) is 1. The summed E-state index contributed by atoms with van der Waals surface area (Å²) in [6, 6.07) is 5.82. The predicted molar refractivity (Wildman–Crippen MR) is 65.2 cm³/mol. The molecule has 0 aliphatic heterocycles. The van der Waals surface area contributed by atoms with E-state index < -0.39 is 10.0 Å². The Balaban J connectivity index is 2.78. The summed E-state index contributed by atoms with van der Waals surface area (Å²) in [5.41, 5.74) is 2.07.